The number of hydrogen-bond donors (Lipinski definition) is 1. The molecule has 2 rings (SSSR count). The molecule has 0 spiro atoms. The topological polar surface area (TPSA) is 38.3 Å². The predicted octanol–water partition coefficient (Wildman–Crippen LogP) is 4.03. The SMILES string of the molecule is CC(C)c1ccccc1O[C@@H](C)C(=O)NC1CCCCC1. The maximum Gasteiger partial charge on any atom is 0.260 e. The van der Waals surface area contributed by atoms with Crippen LogP contribution in [-0.2, 0) is 4.79 Å². The van der Waals surface area contributed by atoms with Crippen LogP contribution < -0.4 is 10.1 Å². The van der Waals surface area contributed by atoms with E-state index in [0.717, 1.165) is 24.2 Å². The van der Waals surface area contributed by atoms with Crippen LogP contribution in [0, 0.1) is 0 Å². The Hall–Kier alpha value is -1.51. The molecule has 1 aliphatic carbocycles. The molecular formula is C18H27NO2. The number of amides is 1. The standard InChI is InChI=1S/C18H27NO2/c1-13(2)16-11-7-8-12-17(16)21-14(3)18(20)19-15-9-5-4-6-10-15/h7-8,11-15H,4-6,9-10H2,1-3H3,(H,19,20)/t14-/m0/s1. The first-order valence-corrected chi connectivity index (χ1v) is 8.14. The summed E-state index contributed by atoms with van der Waals surface area (Å²) in [5.41, 5.74) is 1.15. The highest BCUT2D eigenvalue weighted by atomic mass is 16.5. The van der Waals surface area contributed by atoms with Crippen molar-refractivity contribution in [2.45, 2.75) is 70.9 Å². The number of benzene rings is 1. The van der Waals surface area contributed by atoms with Crippen LogP contribution in [0.3, 0.4) is 0 Å². The van der Waals surface area contributed by atoms with Gasteiger partial charge in [-0.05, 0) is 37.3 Å². The van der Waals surface area contributed by atoms with Gasteiger partial charge < -0.3 is 10.1 Å². The second-order valence-electron chi connectivity index (χ2n) is 6.30. The molecule has 0 radical (unpaired) electrons. The fraction of sp³-hybridized carbons (Fsp3) is 0.611. The van der Waals surface area contributed by atoms with Crippen molar-refractivity contribution in [1.29, 1.82) is 0 Å². The highest BCUT2D eigenvalue weighted by Crippen LogP contribution is 2.26. The number of carbonyl (C=O) groups is 1. The van der Waals surface area contributed by atoms with Crippen molar-refractivity contribution in [3.05, 3.63) is 29.8 Å². The molecule has 1 aromatic carbocycles. The molecule has 1 N–H and O–H groups in total. The van der Waals surface area contributed by atoms with Crippen LogP contribution in [0.5, 0.6) is 5.75 Å². The van der Waals surface area contributed by atoms with Gasteiger partial charge in [-0.25, -0.2) is 0 Å². The molecule has 1 saturated carbocycles. The molecule has 1 aromatic rings. The Morgan fingerprint density at radius 3 is 2.48 bits per heavy atom. The average molecular weight is 289 g/mol. The first kappa shape index (κ1) is 15.9. The maximum absolute atomic E-state index is 12.3. The van der Waals surface area contributed by atoms with E-state index in [-0.39, 0.29) is 5.91 Å². The van der Waals surface area contributed by atoms with Gasteiger partial charge in [-0.3, -0.25) is 4.79 Å². The van der Waals surface area contributed by atoms with Crippen molar-refractivity contribution in [1.82, 2.24) is 5.32 Å². The largest absolute Gasteiger partial charge is 0.481 e. The van der Waals surface area contributed by atoms with Gasteiger partial charge in [0.1, 0.15) is 5.75 Å². The molecule has 0 saturated heterocycles. The minimum Gasteiger partial charge on any atom is -0.481 e. The lowest BCUT2D eigenvalue weighted by molar-refractivity contribution is -0.128. The number of ether oxygens (including phenoxy) is 1. The van der Waals surface area contributed by atoms with Crippen LogP contribution in [0.25, 0.3) is 0 Å². The Kier molecular flexibility index (Phi) is 5.66. The molecule has 0 aromatic heterocycles. The number of carbonyl (C=O) groups excluding carboxylic acids is 1. The third-order valence-electron chi connectivity index (χ3n) is 4.17. The zero-order valence-electron chi connectivity index (χ0n) is 13.4. The molecule has 1 fully saturated rings. The first-order valence-electron chi connectivity index (χ1n) is 8.14. The van der Waals surface area contributed by atoms with Gasteiger partial charge in [0.05, 0.1) is 0 Å². The van der Waals surface area contributed by atoms with E-state index >= 15 is 0 Å². The van der Waals surface area contributed by atoms with E-state index in [1.54, 1.807) is 0 Å². The number of para-hydroxylation sites is 1. The highest BCUT2D eigenvalue weighted by Gasteiger charge is 2.21. The predicted molar refractivity (Wildman–Crippen MR) is 85.6 cm³/mol. The minimum atomic E-state index is -0.452. The lowest BCUT2D eigenvalue weighted by Crippen LogP contribution is -2.43. The fourth-order valence-electron chi connectivity index (χ4n) is 2.87. The molecule has 3 heteroatoms. The summed E-state index contributed by atoms with van der Waals surface area (Å²) in [4.78, 5) is 12.3. The molecule has 1 atom stereocenters. The quantitative estimate of drug-likeness (QED) is 0.889. The van der Waals surface area contributed by atoms with Crippen LogP contribution in [0.2, 0.25) is 0 Å². The lowest BCUT2D eigenvalue weighted by Gasteiger charge is -2.25. The van der Waals surface area contributed by atoms with Crippen LogP contribution in [0.1, 0.15) is 64.4 Å². The van der Waals surface area contributed by atoms with Crippen molar-refractivity contribution in [2.75, 3.05) is 0 Å². The van der Waals surface area contributed by atoms with E-state index in [0.29, 0.717) is 12.0 Å². The second-order valence-corrected chi connectivity index (χ2v) is 6.30. The maximum atomic E-state index is 12.3. The third kappa shape index (κ3) is 4.48. The summed E-state index contributed by atoms with van der Waals surface area (Å²) in [7, 11) is 0. The highest BCUT2D eigenvalue weighted by molar-refractivity contribution is 5.81. The summed E-state index contributed by atoms with van der Waals surface area (Å²) in [5, 5.41) is 3.12. The van der Waals surface area contributed by atoms with Gasteiger partial charge in [0.2, 0.25) is 0 Å². The molecule has 0 aliphatic heterocycles. The van der Waals surface area contributed by atoms with Crippen LogP contribution in [0.4, 0.5) is 0 Å². The van der Waals surface area contributed by atoms with E-state index in [1.807, 2.05) is 25.1 Å². The van der Waals surface area contributed by atoms with E-state index in [2.05, 4.69) is 25.2 Å². The molecule has 3 nitrogen and oxygen atoms in total. The van der Waals surface area contributed by atoms with Crippen molar-refractivity contribution in [2.24, 2.45) is 0 Å². The van der Waals surface area contributed by atoms with Crippen LogP contribution >= 0.6 is 0 Å². The molecular weight excluding hydrogens is 262 g/mol. The molecule has 0 heterocycles. The van der Waals surface area contributed by atoms with Gasteiger partial charge in [0.15, 0.2) is 6.10 Å². The van der Waals surface area contributed by atoms with Crippen LogP contribution in [-0.4, -0.2) is 18.1 Å². The number of hydrogen-bond acceptors (Lipinski definition) is 2. The fourth-order valence-corrected chi connectivity index (χ4v) is 2.87. The molecule has 0 bridgehead atoms. The van der Waals surface area contributed by atoms with E-state index in [1.165, 1.54) is 19.3 Å². The van der Waals surface area contributed by atoms with Gasteiger partial charge in [-0.2, -0.15) is 0 Å². The summed E-state index contributed by atoms with van der Waals surface area (Å²) in [6.45, 7) is 6.10. The Bertz CT molecular complexity index is 464. The summed E-state index contributed by atoms with van der Waals surface area (Å²) in [6.07, 6.45) is 5.47. The van der Waals surface area contributed by atoms with E-state index in [4.69, 9.17) is 4.74 Å². The number of nitrogens with one attached hydrogen (secondary N) is 1. The summed E-state index contributed by atoms with van der Waals surface area (Å²) in [5.74, 6) is 1.20. The van der Waals surface area contributed by atoms with Gasteiger partial charge >= 0.3 is 0 Å². The zero-order chi connectivity index (χ0) is 15.2. The Balaban J connectivity index is 1.94. The van der Waals surface area contributed by atoms with Crippen molar-refractivity contribution >= 4 is 5.91 Å². The summed E-state index contributed by atoms with van der Waals surface area (Å²) >= 11 is 0. The second kappa shape index (κ2) is 7.48. The van der Waals surface area contributed by atoms with Crippen molar-refractivity contribution in [3.8, 4) is 5.75 Å². The molecule has 116 valence electrons. The minimum absolute atomic E-state index is 0.000425. The molecule has 0 unspecified atom stereocenters. The first-order chi connectivity index (χ1) is 10.1. The zero-order valence-corrected chi connectivity index (χ0v) is 13.4. The van der Waals surface area contributed by atoms with Gasteiger partial charge in [-0.1, -0.05) is 51.3 Å². The summed E-state index contributed by atoms with van der Waals surface area (Å²) < 4.78 is 5.90. The van der Waals surface area contributed by atoms with Gasteiger partial charge in [0.25, 0.3) is 5.91 Å². The van der Waals surface area contributed by atoms with Gasteiger partial charge in [0, 0.05) is 6.04 Å². The van der Waals surface area contributed by atoms with E-state index in [9.17, 15) is 4.79 Å². The molecule has 1 aliphatic rings. The van der Waals surface area contributed by atoms with E-state index < -0.39 is 6.10 Å². The number of rotatable bonds is 5. The normalized spacial score (nSPS) is 17.5. The van der Waals surface area contributed by atoms with Crippen molar-refractivity contribution < 1.29 is 9.53 Å². The lowest BCUT2D eigenvalue weighted by atomic mass is 9.95. The van der Waals surface area contributed by atoms with Crippen molar-refractivity contribution in [3.63, 3.8) is 0 Å². The monoisotopic (exact) mass is 289 g/mol. The average Bonchev–Trinajstić information content (AvgIpc) is 2.48. The Morgan fingerprint density at radius 1 is 1.14 bits per heavy atom. The molecule has 21 heavy (non-hydrogen) atoms. The smallest absolute Gasteiger partial charge is 0.260 e. The summed E-state index contributed by atoms with van der Waals surface area (Å²) in [6, 6.07) is 8.30. The van der Waals surface area contributed by atoms with Crippen LogP contribution in [0.15, 0.2) is 24.3 Å². The van der Waals surface area contributed by atoms with Gasteiger partial charge in [-0.15, -0.1) is 0 Å². The molecule has 1 amide bonds. The Morgan fingerprint density at radius 2 is 1.81 bits per heavy atom. The Labute approximate surface area is 128 Å². The third-order valence-corrected chi connectivity index (χ3v) is 4.17.